The SMILES string of the molecule is O=C(CCCC(=O)ON1C(=O)CCC1=O)NCCOP(=O)(O)O. The molecule has 3 amide bonds. The van der Waals surface area contributed by atoms with Crippen LogP contribution in [0.4, 0.5) is 0 Å². The largest absolute Gasteiger partial charge is 0.469 e. The molecule has 0 aromatic heterocycles. The summed E-state index contributed by atoms with van der Waals surface area (Å²) in [5, 5.41) is 2.77. The van der Waals surface area contributed by atoms with E-state index in [0.717, 1.165) is 0 Å². The number of nitrogens with one attached hydrogen (secondary N) is 1. The maximum absolute atomic E-state index is 11.4. The number of carbonyl (C=O) groups excluding carboxylic acids is 4. The van der Waals surface area contributed by atoms with Gasteiger partial charge >= 0.3 is 13.8 Å². The van der Waals surface area contributed by atoms with Gasteiger partial charge < -0.3 is 19.9 Å². The summed E-state index contributed by atoms with van der Waals surface area (Å²) < 4.78 is 14.5. The molecule has 1 fully saturated rings. The number of phosphoric acid groups is 1. The number of phosphoric ester groups is 1. The number of carbonyl (C=O) groups is 4. The van der Waals surface area contributed by atoms with E-state index in [4.69, 9.17) is 9.79 Å². The molecule has 0 saturated carbocycles. The Morgan fingerprint density at radius 1 is 1.17 bits per heavy atom. The highest BCUT2D eigenvalue weighted by molar-refractivity contribution is 7.46. The quantitative estimate of drug-likeness (QED) is 0.268. The van der Waals surface area contributed by atoms with Crippen LogP contribution in [0, 0.1) is 0 Å². The summed E-state index contributed by atoms with van der Waals surface area (Å²) in [7, 11) is -4.56. The highest BCUT2D eigenvalue weighted by Crippen LogP contribution is 2.35. The van der Waals surface area contributed by atoms with Crippen molar-refractivity contribution in [1.29, 1.82) is 0 Å². The van der Waals surface area contributed by atoms with Crippen LogP contribution in [0.1, 0.15) is 32.1 Å². The molecule has 130 valence electrons. The van der Waals surface area contributed by atoms with E-state index in [9.17, 15) is 23.7 Å². The summed E-state index contributed by atoms with van der Waals surface area (Å²) >= 11 is 0. The second-order valence-electron chi connectivity index (χ2n) is 4.57. The molecule has 1 aliphatic heterocycles. The predicted molar refractivity (Wildman–Crippen MR) is 72.0 cm³/mol. The van der Waals surface area contributed by atoms with Crippen LogP contribution in [0.15, 0.2) is 0 Å². The first kappa shape index (κ1) is 19.2. The highest BCUT2D eigenvalue weighted by Gasteiger charge is 2.32. The first-order valence-electron chi connectivity index (χ1n) is 6.72. The molecule has 0 spiro atoms. The van der Waals surface area contributed by atoms with Gasteiger partial charge in [-0.2, -0.15) is 0 Å². The average Bonchev–Trinajstić information content (AvgIpc) is 2.74. The van der Waals surface area contributed by atoms with Crippen LogP contribution in [-0.4, -0.2) is 51.7 Å². The Morgan fingerprint density at radius 2 is 1.78 bits per heavy atom. The van der Waals surface area contributed by atoms with Gasteiger partial charge in [0.1, 0.15) is 0 Å². The third-order valence-electron chi connectivity index (χ3n) is 2.67. The molecule has 12 heteroatoms. The number of amides is 3. The standard InChI is InChI=1S/C11H17N2O9P/c14-8(12-6-7-21-23(18,19)20)2-1-3-11(17)22-13-9(15)4-5-10(13)16/h1-7H2,(H,12,14)(H2,18,19,20). The van der Waals surface area contributed by atoms with Crippen LogP contribution in [0.3, 0.4) is 0 Å². The van der Waals surface area contributed by atoms with Crippen molar-refractivity contribution in [3.8, 4) is 0 Å². The van der Waals surface area contributed by atoms with Crippen LogP contribution in [-0.2, 0) is 33.1 Å². The third-order valence-corrected chi connectivity index (χ3v) is 3.19. The highest BCUT2D eigenvalue weighted by atomic mass is 31.2. The molecular weight excluding hydrogens is 335 g/mol. The van der Waals surface area contributed by atoms with Crippen molar-refractivity contribution in [1.82, 2.24) is 10.4 Å². The molecule has 0 aromatic carbocycles. The number of imide groups is 1. The van der Waals surface area contributed by atoms with Gasteiger partial charge in [-0.15, -0.1) is 5.06 Å². The summed E-state index contributed by atoms with van der Waals surface area (Å²) in [4.78, 5) is 66.7. The summed E-state index contributed by atoms with van der Waals surface area (Å²) in [5.41, 5.74) is 0. The molecule has 0 unspecified atom stereocenters. The monoisotopic (exact) mass is 352 g/mol. The fourth-order valence-electron chi connectivity index (χ4n) is 1.64. The molecule has 0 aromatic rings. The van der Waals surface area contributed by atoms with Gasteiger partial charge in [0.05, 0.1) is 6.61 Å². The van der Waals surface area contributed by atoms with Crippen LogP contribution in [0.25, 0.3) is 0 Å². The Balaban J connectivity index is 2.12. The number of hydrogen-bond acceptors (Lipinski definition) is 7. The van der Waals surface area contributed by atoms with Crippen LogP contribution in [0.5, 0.6) is 0 Å². The molecule has 0 radical (unpaired) electrons. The lowest BCUT2D eigenvalue weighted by atomic mass is 10.2. The van der Waals surface area contributed by atoms with Gasteiger partial charge in [-0.25, -0.2) is 9.36 Å². The number of rotatable bonds is 9. The molecule has 1 aliphatic rings. The summed E-state index contributed by atoms with van der Waals surface area (Å²) in [6, 6.07) is 0. The van der Waals surface area contributed by atoms with Gasteiger partial charge in [0, 0.05) is 32.2 Å². The average molecular weight is 352 g/mol. The van der Waals surface area contributed by atoms with E-state index in [-0.39, 0.29) is 45.3 Å². The minimum atomic E-state index is -4.56. The molecule has 11 nitrogen and oxygen atoms in total. The topological polar surface area (TPSA) is 160 Å². The molecule has 1 heterocycles. The van der Waals surface area contributed by atoms with E-state index in [1.807, 2.05) is 0 Å². The smallest absolute Gasteiger partial charge is 0.354 e. The Hall–Kier alpha value is -1.81. The summed E-state index contributed by atoms with van der Waals surface area (Å²) in [6.45, 7) is -0.442. The van der Waals surface area contributed by atoms with Crippen molar-refractivity contribution < 1.29 is 42.9 Å². The van der Waals surface area contributed by atoms with Crippen LogP contribution in [0.2, 0.25) is 0 Å². The number of hydroxylamine groups is 2. The fraction of sp³-hybridized carbons (Fsp3) is 0.636. The zero-order valence-electron chi connectivity index (χ0n) is 12.1. The van der Waals surface area contributed by atoms with Crippen molar-refractivity contribution in [2.45, 2.75) is 32.1 Å². The maximum Gasteiger partial charge on any atom is 0.469 e. The molecule has 3 N–H and O–H groups in total. The summed E-state index contributed by atoms with van der Waals surface area (Å²) in [6.07, 6.45) is -0.0625. The molecule has 0 atom stereocenters. The Morgan fingerprint density at radius 3 is 2.35 bits per heavy atom. The van der Waals surface area contributed by atoms with Gasteiger partial charge in [-0.3, -0.25) is 18.9 Å². The number of nitrogens with zero attached hydrogens (tertiary/aromatic N) is 1. The zero-order chi connectivity index (χ0) is 17.5. The molecule has 23 heavy (non-hydrogen) atoms. The van der Waals surface area contributed by atoms with Crippen LogP contribution >= 0.6 is 7.82 Å². The molecule has 0 bridgehead atoms. The van der Waals surface area contributed by atoms with E-state index in [0.29, 0.717) is 5.06 Å². The van der Waals surface area contributed by atoms with Gasteiger partial charge in [0.2, 0.25) is 5.91 Å². The van der Waals surface area contributed by atoms with Gasteiger partial charge in [-0.1, -0.05) is 0 Å². The van der Waals surface area contributed by atoms with Crippen molar-refractivity contribution in [2.24, 2.45) is 0 Å². The first-order chi connectivity index (χ1) is 10.7. The Bertz CT molecular complexity index is 514. The van der Waals surface area contributed by atoms with Crippen LogP contribution < -0.4 is 5.32 Å². The third kappa shape index (κ3) is 7.84. The molecular formula is C11H17N2O9P. The molecule has 1 rings (SSSR count). The second kappa shape index (κ2) is 8.73. The summed E-state index contributed by atoms with van der Waals surface area (Å²) in [5.74, 6) is -2.40. The van der Waals surface area contributed by atoms with E-state index >= 15 is 0 Å². The molecule has 1 saturated heterocycles. The van der Waals surface area contributed by atoms with Crippen molar-refractivity contribution >= 4 is 31.5 Å². The zero-order valence-corrected chi connectivity index (χ0v) is 13.0. The van der Waals surface area contributed by atoms with Gasteiger partial charge in [-0.05, 0) is 6.42 Å². The van der Waals surface area contributed by atoms with E-state index in [1.165, 1.54) is 0 Å². The Labute approximate surface area is 131 Å². The van der Waals surface area contributed by atoms with Gasteiger partial charge in [0.25, 0.3) is 11.8 Å². The second-order valence-corrected chi connectivity index (χ2v) is 5.81. The van der Waals surface area contributed by atoms with Crippen molar-refractivity contribution in [3.05, 3.63) is 0 Å². The fourth-order valence-corrected chi connectivity index (χ4v) is 1.97. The minimum absolute atomic E-state index is 0.00516. The number of hydrogen-bond donors (Lipinski definition) is 3. The van der Waals surface area contributed by atoms with Crippen molar-refractivity contribution in [3.63, 3.8) is 0 Å². The normalized spacial score (nSPS) is 15.0. The lowest BCUT2D eigenvalue weighted by Crippen LogP contribution is -2.32. The van der Waals surface area contributed by atoms with E-state index in [1.54, 1.807) is 0 Å². The lowest BCUT2D eigenvalue weighted by Gasteiger charge is -2.12. The van der Waals surface area contributed by atoms with Gasteiger partial charge in [0.15, 0.2) is 0 Å². The predicted octanol–water partition coefficient (Wildman–Crippen LogP) is -1.01. The molecule has 0 aliphatic carbocycles. The van der Waals surface area contributed by atoms with E-state index < -0.39 is 31.5 Å². The first-order valence-corrected chi connectivity index (χ1v) is 8.25. The Kier molecular flexibility index (Phi) is 7.30. The van der Waals surface area contributed by atoms with Crippen molar-refractivity contribution in [2.75, 3.05) is 13.2 Å². The maximum atomic E-state index is 11.4. The van der Waals surface area contributed by atoms with E-state index in [2.05, 4.69) is 14.7 Å². The minimum Gasteiger partial charge on any atom is -0.354 e. The lowest BCUT2D eigenvalue weighted by molar-refractivity contribution is -0.197.